The molecule has 126 valence electrons. The number of benzene rings is 1. The zero-order chi connectivity index (χ0) is 16.7. The van der Waals surface area contributed by atoms with Gasteiger partial charge in [-0.15, -0.1) is 0 Å². The van der Waals surface area contributed by atoms with Crippen molar-refractivity contribution in [2.75, 3.05) is 32.7 Å². The van der Waals surface area contributed by atoms with E-state index in [-0.39, 0.29) is 18.4 Å². The van der Waals surface area contributed by atoms with Crippen LogP contribution in [-0.2, 0) is 4.79 Å². The van der Waals surface area contributed by atoms with E-state index >= 15 is 0 Å². The fraction of sp³-hybridized carbons (Fsp3) is 0.529. The van der Waals surface area contributed by atoms with Crippen LogP contribution < -0.4 is 10.6 Å². The van der Waals surface area contributed by atoms with E-state index < -0.39 is 0 Å². The van der Waals surface area contributed by atoms with Crippen LogP contribution in [-0.4, -0.2) is 49.4 Å². The summed E-state index contributed by atoms with van der Waals surface area (Å²) in [7, 11) is 0. The highest BCUT2D eigenvalue weighted by molar-refractivity contribution is 9.10. The van der Waals surface area contributed by atoms with Crippen LogP contribution in [0.2, 0.25) is 0 Å². The maximum absolute atomic E-state index is 12.2. The number of halogens is 1. The predicted octanol–water partition coefficient (Wildman–Crippen LogP) is 2.03. The minimum Gasteiger partial charge on any atom is -0.343 e. The fourth-order valence-corrected chi connectivity index (χ4v) is 3.13. The van der Waals surface area contributed by atoms with Crippen molar-refractivity contribution in [3.63, 3.8) is 0 Å². The molecule has 2 N–H and O–H groups in total. The average Bonchev–Trinajstić information content (AvgIpc) is 2.58. The minimum absolute atomic E-state index is 0.00440. The summed E-state index contributed by atoms with van der Waals surface area (Å²) in [6, 6.07) is 7.14. The molecule has 1 heterocycles. The summed E-state index contributed by atoms with van der Waals surface area (Å²) >= 11 is 3.34. The lowest BCUT2D eigenvalue weighted by Crippen LogP contribution is -2.45. The Bertz CT molecular complexity index is 542. The maximum atomic E-state index is 12.2. The first-order chi connectivity index (χ1) is 11.1. The molecule has 2 rings (SSSR count). The Balaban J connectivity index is 1.74. The molecule has 1 aliphatic heterocycles. The molecule has 1 aliphatic rings. The SMILES string of the molecule is CCNCC1CCN(C(=O)CNC(=O)c2cccc(Br)c2)CC1. The molecular formula is C17H24BrN3O2. The number of carbonyl (C=O) groups is 2. The quantitative estimate of drug-likeness (QED) is 0.792. The van der Waals surface area contributed by atoms with E-state index in [0.717, 1.165) is 43.5 Å². The van der Waals surface area contributed by atoms with Crippen LogP contribution in [0.15, 0.2) is 28.7 Å². The Kier molecular flexibility index (Phi) is 7.05. The second-order valence-corrected chi connectivity index (χ2v) is 6.74. The van der Waals surface area contributed by atoms with Crippen LogP contribution in [0.4, 0.5) is 0 Å². The second-order valence-electron chi connectivity index (χ2n) is 5.82. The summed E-state index contributed by atoms with van der Waals surface area (Å²) in [6.07, 6.45) is 2.05. The first-order valence-corrected chi connectivity index (χ1v) is 8.91. The van der Waals surface area contributed by atoms with Gasteiger partial charge < -0.3 is 15.5 Å². The van der Waals surface area contributed by atoms with Gasteiger partial charge in [0.25, 0.3) is 5.91 Å². The van der Waals surface area contributed by atoms with Gasteiger partial charge in [0, 0.05) is 23.1 Å². The first-order valence-electron chi connectivity index (χ1n) is 8.12. The van der Waals surface area contributed by atoms with Crippen molar-refractivity contribution in [2.45, 2.75) is 19.8 Å². The molecule has 0 saturated carbocycles. The molecule has 5 nitrogen and oxygen atoms in total. The molecule has 0 radical (unpaired) electrons. The largest absolute Gasteiger partial charge is 0.343 e. The third kappa shape index (κ3) is 5.62. The van der Waals surface area contributed by atoms with Gasteiger partial charge in [-0.2, -0.15) is 0 Å². The second kappa shape index (κ2) is 9.03. The summed E-state index contributed by atoms with van der Waals surface area (Å²) in [4.78, 5) is 26.1. The van der Waals surface area contributed by atoms with Crippen molar-refractivity contribution in [2.24, 2.45) is 5.92 Å². The van der Waals surface area contributed by atoms with E-state index in [1.54, 1.807) is 18.2 Å². The summed E-state index contributed by atoms with van der Waals surface area (Å²) in [5, 5.41) is 6.07. The lowest BCUT2D eigenvalue weighted by Gasteiger charge is -2.32. The number of nitrogens with zero attached hydrogens (tertiary/aromatic N) is 1. The number of carbonyl (C=O) groups excluding carboxylic acids is 2. The number of hydrogen-bond acceptors (Lipinski definition) is 3. The minimum atomic E-state index is -0.221. The van der Waals surface area contributed by atoms with Crippen molar-refractivity contribution >= 4 is 27.7 Å². The van der Waals surface area contributed by atoms with Gasteiger partial charge in [-0.25, -0.2) is 0 Å². The van der Waals surface area contributed by atoms with Crippen LogP contribution in [0.3, 0.4) is 0 Å². The number of amides is 2. The van der Waals surface area contributed by atoms with E-state index in [2.05, 4.69) is 33.5 Å². The molecule has 1 aromatic carbocycles. The smallest absolute Gasteiger partial charge is 0.251 e. The zero-order valence-electron chi connectivity index (χ0n) is 13.5. The van der Waals surface area contributed by atoms with E-state index in [4.69, 9.17) is 0 Å². The van der Waals surface area contributed by atoms with E-state index in [1.165, 1.54) is 0 Å². The van der Waals surface area contributed by atoms with Crippen LogP contribution in [0.25, 0.3) is 0 Å². The molecule has 0 spiro atoms. The Labute approximate surface area is 145 Å². The monoisotopic (exact) mass is 381 g/mol. The van der Waals surface area contributed by atoms with Crippen molar-refractivity contribution in [1.29, 1.82) is 0 Å². The molecule has 0 bridgehead atoms. The number of hydrogen-bond donors (Lipinski definition) is 2. The highest BCUT2D eigenvalue weighted by Crippen LogP contribution is 2.16. The number of piperidine rings is 1. The molecular weight excluding hydrogens is 358 g/mol. The molecule has 2 amide bonds. The standard InChI is InChI=1S/C17H24BrN3O2/c1-2-19-11-13-6-8-21(9-7-13)16(22)12-20-17(23)14-4-3-5-15(18)10-14/h3-5,10,13,19H,2,6-9,11-12H2,1H3,(H,20,23). The molecule has 0 unspecified atom stereocenters. The van der Waals surface area contributed by atoms with E-state index in [0.29, 0.717) is 11.5 Å². The van der Waals surface area contributed by atoms with Crippen molar-refractivity contribution in [3.05, 3.63) is 34.3 Å². The summed E-state index contributed by atoms with van der Waals surface area (Å²) in [5.74, 6) is 0.423. The van der Waals surface area contributed by atoms with E-state index in [9.17, 15) is 9.59 Å². The predicted molar refractivity (Wildman–Crippen MR) is 94.3 cm³/mol. The van der Waals surface area contributed by atoms with Crippen LogP contribution >= 0.6 is 15.9 Å². The van der Waals surface area contributed by atoms with Gasteiger partial charge in [0.15, 0.2) is 0 Å². The Morgan fingerprint density at radius 1 is 1.30 bits per heavy atom. The fourth-order valence-electron chi connectivity index (χ4n) is 2.73. The lowest BCUT2D eigenvalue weighted by atomic mass is 9.97. The van der Waals surface area contributed by atoms with Crippen LogP contribution in [0.5, 0.6) is 0 Å². The number of rotatable bonds is 6. The summed E-state index contributed by atoms with van der Waals surface area (Å²) in [5.41, 5.74) is 0.552. The topological polar surface area (TPSA) is 61.4 Å². The first kappa shape index (κ1) is 17.9. The van der Waals surface area contributed by atoms with Crippen molar-refractivity contribution in [1.82, 2.24) is 15.5 Å². The van der Waals surface area contributed by atoms with Crippen molar-refractivity contribution < 1.29 is 9.59 Å². The van der Waals surface area contributed by atoms with Crippen LogP contribution in [0.1, 0.15) is 30.1 Å². The molecule has 0 aromatic heterocycles. The molecule has 23 heavy (non-hydrogen) atoms. The maximum Gasteiger partial charge on any atom is 0.251 e. The zero-order valence-corrected chi connectivity index (χ0v) is 15.1. The normalized spacial score (nSPS) is 15.5. The molecule has 0 atom stereocenters. The third-order valence-electron chi connectivity index (χ3n) is 4.14. The number of likely N-dealkylation sites (tertiary alicyclic amines) is 1. The Morgan fingerprint density at radius 2 is 2.04 bits per heavy atom. The van der Waals surface area contributed by atoms with Gasteiger partial charge in [0.2, 0.25) is 5.91 Å². The van der Waals surface area contributed by atoms with E-state index in [1.807, 2.05) is 11.0 Å². The van der Waals surface area contributed by atoms with Gasteiger partial charge >= 0.3 is 0 Å². The molecule has 1 aromatic rings. The lowest BCUT2D eigenvalue weighted by molar-refractivity contribution is -0.131. The third-order valence-corrected chi connectivity index (χ3v) is 4.63. The highest BCUT2D eigenvalue weighted by Gasteiger charge is 2.22. The number of nitrogens with one attached hydrogen (secondary N) is 2. The molecule has 1 saturated heterocycles. The van der Waals surface area contributed by atoms with Gasteiger partial charge in [-0.3, -0.25) is 9.59 Å². The van der Waals surface area contributed by atoms with Gasteiger partial charge in [0.05, 0.1) is 6.54 Å². The van der Waals surface area contributed by atoms with Gasteiger partial charge in [0.1, 0.15) is 0 Å². The summed E-state index contributed by atoms with van der Waals surface area (Å²) in [6.45, 7) is 5.73. The Hall–Kier alpha value is -1.40. The highest BCUT2D eigenvalue weighted by atomic mass is 79.9. The molecule has 6 heteroatoms. The molecule has 1 fully saturated rings. The Morgan fingerprint density at radius 3 is 2.70 bits per heavy atom. The van der Waals surface area contributed by atoms with Gasteiger partial charge in [-0.05, 0) is 50.0 Å². The summed E-state index contributed by atoms with van der Waals surface area (Å²) < 4.78 is 0.847. The van der Waals surface area contributed by atoms with Crippen LogP contribution in [0, 0.1) is 5.92 Å². The molecule has 0 aliphatic carbocycles. The van der Waals surface area contributed by atoms with Crippen molar-refractivity contribution in [3.8, 4) is 0 Å². The van der Waals surface area contributed by atoms with Gasteiger partial charge in [-0.1, -0.05) is 28.9 Å². The average molecular weight is 382 g/mol.